The molecular formula is C23H25N4O5PS. The van der Waals surface area contributed by atoms with Crippen LogP contribution >= 0.6 is 18.9 Å². The molecular weight excluding hydrogens is 475 g/mol. The van der Waals surface area contributed by atoms with Gasteiger partial charge in [-0.3, -0.25) is 14.2 Å². The molecule has 1 fully saturated rings. The number of aromatic nitrogens is 1. The van der Waals surface area contributed by atoms with Crippen LogP contribution in [0.4, 0.5) is 0 Å². The van der Waals surface area contributed by atoms with Crippen molar-refractivity contribution in [3.05, 3.63) is 71.2 Å². The number of nitrogens with one attached hydrogen (secondary N) is 2. The Hall–Kier alpha value is -2.88. The lowest BCUT2D eigenvalue weighted by atomic mass is 10.0. The maximum Gasteiger partial charge on any atom is 0.356 e. The van der Waals surface area contributed by atoms with Gasteiger partial charge in [0.2, 0.25) is 5.91 Å². The Morgan fingerprint density at radius 3 is 2.41 bits per heavy atom. The maximum atomic E-state index is 13.3. The van der Waals surface area contributed by atoms with Crippen molar-refractivity contribution in [2.24, 2.45) is 0 Å². The summed E-state index contributed by atoms with van der Waals surface area (Å²) in [6, 6.07) is 14.5. The Morgan fingerprint density at radius 1 is 1.09 bits per heavy atom. The number of thiazole rings is 1. The van der Waals surface area contributed by atoms with E-state index in [1.807, 2.05) is 30.3 Å². The van der Waals surface area contributed by atoms with Crippen molar-refractivity contribution in [3.8, 4) is 10.6 Å². The Bertz CT molecular complexity index is 1190. The van der Waals surface area contributed by atoms with E-state index in [4.69, 9.17) is 0 Å². The number of nitrogens with zero attached hydrogens (tertiary/aromatic N) is 2. The van der Waals surface area contributed by atoms with Crippen LogP contribution in [0.1, 0.15) is 16.1 Å². The van der Waals surface area contributed by atoms with Crippen LogP contribution in [-0.4, -0.2) is 63.7 Å². The smallest absolute Gasteiger partial charge is 0.339 e. The number of carbonyl (C=O) groups is 2. The van der Waals surface area contributed by atoms with Crippen LogP contribution in [-0.2, 0) is 15.8 Å². The molecule has 1 aromatic heterocycles. The predicted molar refractivity (Wildman–Crippen MR) is 130 cm³/mol. The van der Waals surface area contributed by atoms with Crippen LogP contribution in [0.15, 0.2) is 60.0 Å². The summed E-state index contributed by atoms with van der Waals surface area (Å²) in [4.78, 5) is 51.1. The van der Waals surface area contributed by atoms with E-state index in [0.717, 1.165) is 5.56 Å². The van der Waals surface area contributed by atoms with E-state index >= 15 is 0 Å². The van der Waals surface area contributed by atoms with E-state index < -0.39 is 19.5 Å². The van der Waals surface area contributed by atoms with Gasteiger partial charge in [0.25, 0.3) is 5.91 Å². The van der Waals surface area contributed by atoms with E-state index in [9.17, 15) is 23.9 Å². The molecule has 11 heteroatoms. The zero-order valence-corrected chi connectivity index (χ0v) is 20.0. The highest BCUT2D eigenvalue weighted by atomic mass is 32.1. The Kier molecular flexibility index (Phi) is 7.55. The molecule has 0 aliphatic carbocycles. The minimum absolute atomic E-state index is 0.0961. The van der Waals surface area contributed by atoms with Crippen LogP contribution in [0.25, 0.3) is 10.6 Å². The molecule has 0 radical (unpaired) electrons. The molecule has 0 saturated carbocycles. The highest BCUT2D eigenvalue weighted by Gasteiger charge is 2.28. The zero-order valence-electron chi connectivity index (χ0n) is 18.3. The second-order valence-corrected chi connectivity index (χ2v) is 10.4. The van der Waals surface area contributed by atoms with Crippen molar-refractivity contribution >= 4 is 36.1 Å². The number of benzene rings is 2. The van der Waals surface area contributed by atoms with Gasteiger partial charge in [0.1, 0.15) is 16.7 Å². The lowest BCUT2D eigenvalue weighted by Crippen LogP contribution is -2.54. The number of hydrogen-bond acceptors (Lipinski definition) is 6. The largest absolute Gasteiger partial charge is 0.356 e. The molecule has 2 amide bonds. The number of hydrogen-bond donors (Lipinski definition) is 4. The molecule has 1 aliphatic heterocycles. The average Bonchev–Trinajstić information content (AvgIpc) is 3.35. The Labute approximate surface area is 201 Å². The summed E-state index contributed by atoms with van der Waals surface area (Å²) in [5.41, 5.74) is 1.82. The fourth-order valence-electron chi connectivity index (χ4n) is 3.69. The third kappa shape index (κ3) is 5.97. The molecule has 4 N–H and O–H groups in total. The summed E-state index contributed by atoms with van der Waals surface area (Å²) in [5, 5.41) is 8.31. The third-order valence-electron chi connectivity index (χ3n) is 5.50. The second-order valence-electron chi connectivity index (χ2n) is 7.92. The van der Waals surface area contributed by atoms with E-state index in [1.54, 1.807) is 22.4 Å². The first-order valence-electron chi connectivity index (χ1n) is 10.8. The van der Waals surface area contributed by atoms with Crippen molar-refractivity contribution in [1.82, 2.24) is 20.5 Å². The van der Waals surface area contributed by atoms with Gasteiger partial charge in [0, 0.05) is 43.5 Å². The number of amides is 2. The van der Waals surface area contributed by atoms with Gasteiger partial charge in [0.15, 0.2) is 0 Å². The van der Waals surface area contributed by atoms with E-state index in [2.05, 4.69) is 15.6 Å². The molecule has 0 spiro atoms. The minimum Gasteiger partial charge on any atom is -0.339 e. The van der Waals surface area contributed by atoms with Crippen molar-refractivity contribution < 1.29 is 23.9 Å². The second kappa shape index (κ2) is 10.6. The van der Waals surface area contributed by atoms with Gasteiger partial charge < -0.3 is 25.3 Å². The van der Waals surface area contributed by atoms with Crippen molar-refractivity contribution in [1.29, 1.82) is 0 Å². The fraction of sp³-hybridized carbons (Fsp3) is 0.261. The molecule has 1 saturated heterocycles. The molecule has 178 valence electrons. The molecule has 34 heavy (non-hydrogen) atoms. The quantitative estimate of drug-likeness (QED) is 0.361. The number of carbonyl (C=O) groups excluding carboxylic acids is 2. The number of piperazine rings is 1. The Morgan fingerprint density at radius 2 is 1.76 bits per heavy atom. The van der Waals surface area contributed by atoms with Gasteiger partial charge in [-0.15, -0.1) is 11.3 Å². The van der Waals surface area contributed by atoms with Crippen LogP contribution in [0.5, 0.6) is 0 Å². The maximum absolute atomic E-state index is 13.3. The lowest BCUT2D eigenvalue weighted by molar-refractivity contribution is -0.133. The molecule has 4 rings (SSSR count). The molecule has 3 aromatic rings. The summed E-state index contributed by atoms with van der Waals surface area (Å²) < 4.78 is 11.5. The predicted octanol–water partition coefficient (Wildman–Crippen LogP) is 1.39. The van der Waals surface area contributed by atoms with Gasteiger partial charge in [-0.05, 0) is 17.7 Å². The molecule has 1 unspecified atom stereocenters. The van der Waals surface area contributed by atoms with Crippen LogP contribution in [0.2, 0.25) is 0 Å². The minimum atomic E-state index is -4.36. The number of rotatable bonds is 7. The fourth-order valence-corrected chi connectivity index (χ4v) is 5.03. The van der Waals surface area contributed by atoms with Gasteiger partial charge in [-0.25, -0.2) is 4.98 Å². The van der Waals surface area contributed by atoms with E-state index in [-0.39, 0.29) is 23.3 Å². The first-order chi connectivity index (χ1) is 16.3. The van der Waals surface area contributed by atoms with Crippen molar-refractivity contribution in [2.75, 3.05) is 26.2 Å². The summed E-state index contributed by atoms with van der Waals surface area (Å²) in [6.07, 6.45) is 0.186. The highest BCUT2D eigenvalue weighted by Crippen LogP contribution is 2.33. The summed E-state index contributed by atoms with van der Waals surface area (Å²) in [6.45, 7) is 2.43. The molecule has 9 nitrogen and oxygen atoms in total. The molecule has 1 aliphatic rings. The molecule has 1 atom stereocenters. The molecule has 0 bridgehead atoms. The topological polar surface area (TPSA) is 132 Å². The SMILES string of the molecule is O=C(NC(Cc1ccc(P(=O)(O)O)cc1)C(=O)N1CCNCC1)c1csc(-c2ccccc2)n1. The third-order valence-corrected chi connectivity index (χ3v) is 7.36. The van der Waals surface area contributed by atoms with Crippen LogP contribution in [0.3, 0.4) is 0 Å². The summed E-state index contributed by atoms with van der Waals surface area (Å²) in [7, 11) is -4.36. The average molecular weight is 501 g/mol. The first kappa shape index (κ1) is 24.3. The zero-order chi connectivity index (χ0) is 24.1. The van der Waals surface area contributed by atoms with Gasteiger partial charge in [-0.2, -0.15) is 0 Å². The standard InChI is InChI=1S/C23H25N4O5PS/c28-21(20-15-34-22(26-20)17-4-2-1-3-5-17)25-19(23(29)27-12-10-24-11-13-27)14-16-6-8-18(9-7-16)33(30,31)32/h1-9,15,19,24H,10-14H2,(H,25,28)(H2,30,31,32). The van der Waals surface area contributed by atoms with Crippen molar-refractivity contribution in [3.63, 3.8) is 0 Å². The molecule has 2 aromatic carbocycles. The Balaban J connectivity index is 1.53. The van der Waals surface area contributed by atoms with E-state index in [0.29, 0.717) is 36.8 Å². The highest BCUT2D eigenvalue weighted by molar-refractivity contribution is 7.60. The van der Waals surface area contributed by atoms with E-state index in [1.165, 1.54) is 23.5 Å². The van der Waals surface area contributed by atoms with Crippen LogP contribution < -0.4 is 15.9 Å². The first-order valence-corrected chi connectivity index (χ1v) is 13.3. The van der Waals surface area contributed by atoms with Crippen LogP contribution in [0, 0.1) is 0 Å². The molecule has 2 heterocycles. The summed E-state index contributed by atoms with van der Waals surface area (Å²) >= 11 is 1.35. The van der Waals surface area contributed by atoms with Crippen molar-refractivity contribution in [2.45, 2.75) is 12.5 Å². The van der Waals surface area contributed by atoms with Gasteiger partial charge in [-0.1, -0.05) is 42.5 Å². The van der Waals surface area contributed by atoms with Gasteiger partial charge >= 0.3 is 7.60 Å². The monoisotopic (exact) mass is 500 g/mol. The van der Waals surface area contributed by atoms with Gasteiger partial charge in [0.05, 0.1) is 5.30 Å². The lowest BCUT2D eigenvalue weighted by Gasteiger charge is -2.31. The summed E-state index contributed by atoms with van der Waals surface area (Å²) in [5.74, 6) is -0.647. The normalized spacial score (nSPS) is 15.1.